The fraction of sp³-hybridized carbons (Fsp3) is 1.00. The zero-order valence-electron chi connectivity index (χ0n) is 40.4. The van der Waals surface area contributed by atoms with Crippen LogP contribution in [0.1, 0.15) is 330 Å². The van der Waals surface area contributed by atoms with Gasteiger partial charge in [0.2, 0.25) is 0 Å². The second-order valence-electron chi connectivity index (χ2n) is 18.8. The van der Waals surface area contributed by atoms with Gasteiger partial charge in [0.05, 0.1) is 0 Å². The van der Waals surface area contributed by atoms with E-state index in [0.29, 0.717) is 0 Å². The average Bonchev–Trinajstić information content (AvgIpc) is 3.19. The minimum Gasteiger partial charge on any atom is -0.294 e. The van der Waals surface area contributed by atoms with Gasteiger partial charge in [-0.05, 0) is 38.5 Å². The van der Waals surface area contributed by atoms with Gasteiger partial charge >= 0.3 is 0 Å². The van der Waals surface area contributed by atoms with Gasteiger partial charge in [-0.1, -0.05) is 292 Å². The molecular weight excluding hydrogens is 698 g/mol. The molecule has 0 spiro atoms. The SMILES string of the molecule is CCCCCCCCCC(CCCCCCCC)N(C(CCCCCCCC)CCCCCCCCC)C(CCCCCCCC)CCCCCCCCC.Cl. The van der Waals surface area contributed by atoms with Crippen LogP contribution in [0.15, 0.2) is 0 Å². The van der Waals surface area contributed by atoms with E-state index < -0.39 is 0 Å². The lowest BCUT2D eigenvalue weighted by Gasteiger charge is -2.45. The Morgan fingerprint density at radius 3 is 0.464 bits per heavy atom. The zero-order valence-corrected chi connectivity index (χ0v) is 41.2. The molecule has 0 heterocycles. The fourth-order valence-electron chi connectivity index (χ4n) is 9.71. The molecule has 0 rings (SSSR count). The van der Waals surface area contributed by atoms with Crippen LogP contribution in [0, 0.1) is 0 Å². The molecule has 0 aliphatic heterocycles. The van der Waals surface area contributed by atoms with E-state index in [1.807, 2.05) is 0 Å². The summed E-state index contributed by atoms with van der Waals surface area (Å²) in [5, 5.41) is 0. The smallest absolute Gasteiger partial charge is 0.0101 e. The Kier molecular flexibility index (Phi) is 51.7. The topological polar surface area (TPSA) is 3.24 Å². The van der Waals surface area contributed by atoms with Crippen molar-refractivity contribution in [1.82, 2.24) is 4.90 Å². The molecule has 0 fully saturated rings. The van der Waals surface area contributed by atoms with Crippen molar-refractivity contribution in [3.05, 3.63) is 0 Å². The van der Waals surface area contributed by atoms with Crippen LogP contribution in [0.5, 0.6) is 0 Å². The number of hydrogen-bond acceptors (Lipinski definition) is 1. The summed E-state index contributed by atoms with van der Waals surface area (Å²) in [6.07, 6.45) is 65.4. The molecule has 2 heteroatoms. The number of unbranched alkanes of at least 4 members (excludes halogenated alkanes) is 33. The monoisotopic (exact) mass is 810 g/mol. The standard InChI is InChI=1S/C54H111N.ClH/c1-7-13-19-25-31-37-43-49-52(46-40-34-28-22-16-10-4)55(53(47-41-35-29-23-17-11-5)50-44-38-32-26-20-14-8-2)54(48-42-36-30-24-18-12-6)51-45-39-33-27-21-15-9-3;/h52-54H,7-51H2,1-6H3;1H. The molecule has 56 heavy (non-hydrogen) atoms. The number of hydrogen-bond donors (Lipinski definition) is 0. The van der Waals surface area contributed by atoms with Crippen LogP contribution in [-0.4, -0.2) is 23.0 Å². The summed E-state index contributed by atoms with van der Waals surface area (Å²) in [6.45, 7) is 14.2. The Labute approximate surface area is 364 Å². The lowest BCUT2D eigenvalue weighted by molar-refractivity contribution is 0.0406. The summed E-state index contributed by atoms with van der Waals surface area (Å²) in [5.74, 6) is 0. The third-order valence-electron chi connectivity index (χ3n) is 13.4. The van der Waals surface area contributed by atoms with Crippen molar-refractivity contribution in [1.29, 1.82) is 0 Å². The van der Waals surface area contributed by atoms with Crippen LogP contribution in [0.3, 0.4) is 0 Å². The highest BCUT2D eigenvalue weighted by molar-refractivity contribution is 5.85. The molecule has 0 aliphatic carbocycles. The predicted molar refractivity (Wildman–Crippen MR) is 262 cm³/mol. The lowest BCUT2D eigenvalue weighted by Crippen LogP contribution is -2.50. The van der Waals surface area contributed by atoms with Crippen LogP contribution < -0.4 is 0 Å². The van der Waals surface area contributed by atoms with Gasteiger partial charge < -0.3 is 0 Å². The molecule has 3 unspecified atom stereocenters. The van der Waals surface area contributed by atoms with Crippen LogP contribution in [-0.2, 0) is 0 Å². The Balaban J connectivity index is 0. The Morgan fingerprint density at radius 1 is 0.196 bits per heavy atom. The van der Waals surface area contributed by atoms with Crippen LogP contribution in [0.25, 0.3) is 0 Å². The molecule has 0 aliphatic rings. The highest BCUT2D eigenvalue weighted by atomic mass is 35.5. The van der Waals surface area contributed by atoms with Crippen molar-refractivity contribution < 1.29 is 0 Å². The highest BCUT2D eigenvalue weighted by Crippen LogP contribution is 2.32. The van der Waals surface area contributed by atoms with Crippen LogP contribution >= 0.6 is 12.4 Å². The Hall–Kier alpha value is 0.250. The lowest BCUT2D eigenvalue weighted by atomic mass is 9.88. The first-order chi connectivity index (χ1) is 27.2. The van der Waals surface area contributed by atoms with Crippen molar-refractivity contribution in [3.63, 3.8) is 0 Å². The first-order valence-electron chi connectivity index (χ1n) is 27.0. The minimum atomic E-state index is 0. The zero-order chi connectivity index (χ0) is 40.1. The number of nitrogens with zero attached hydrogens (tertiary/aromatic N) is 1. The van der Waals surface area contributed by atoms with E-state index in [-0.39, 0.29) is 12.4 Å². The Bertz CT molecular complexity index is 589. The molecule has 0 N–H and O–H groups in total. The molecule has 0 radical (unpaired) electrons. The third-order valence-corrected chi connectivity index (χ3v) is 13.4. The van der Waals surface area contributed by atoms with Crippen molar-refractivity contribution in [3.8, 4) is 0 Å². The maximum absolute atomic E-state index is 3.38. The van der Waals surface area contributed by atoms with Gasteiger partial charge in [-0.25, -0.2) is 0 Å². The normalized spacial score (nSPS) is 13.3. The molecule has 0 aromatic carbocycles. The van der Waals surface area contributed by atoms with E-state index in [1.54, 1.807) is 0 Å². The molecule has 3 atom stereocenters. The van der Waals surface area contributed by atoms with E-state index >= 15 is 0 Å². The fourth-order valence-corrected chi connectivity index (χ4v) is 9.71. The molecule has 0 amide bonds. The molecule has 0 saturated heterocycles. The number of rotatable bonds is 48. The van der Waals surface area contributed by atoms with E-state index in [0.717, 1.165) is 18.1 Å². The average molecular weight is 811 g/mol. The van der Waals surface area contributed by atoms with Crippen molar-refractivity contribution in [2.75, 3.05) is 0 Å². The molecule has 0 aromatic heterocycles. The molecular formula is C54H112ClN. The summed E-state index contributed by atoms with van der Waals surface area (Å²) in [4.78, 5) is 3.38. The maximum Gasteiger partial charge on any atom is 0.0101 e. The summed E-state index contributed by atoms with van der Waals surface area (Å²) in [6, 6.07) is 2.48. The van der Waals surface area contributed by atoms with E-state index in [2.05, 4.69) is 46.4 Å². The van der Waals surface area contributed by atoms with Gasteiger partial charge in [0.15, 0.2) is 0 Å². The quantitative estimate of drug-likeness (QED) is 0.0554. The van der Waals surface area contributed by atoms with Gasteiger partial charge in [-0.3, -0.25) is 4.90 Å². The molecule has 1 nitrogen and oxygen atoms in total. The van der Waals surface area contributed by atoms with Crippen molar-refractivity contribution in [2.45, 2.75) is 349 Å². The Morgan fingerprint density at radius 2 is 0.321 bits per heavy atom. The summed E-state index contributed by atoms with van der Waals surface area (Å²) < 4.78 is 0. The first-order valence-corrected chi connectivity index (χ1v) is 27.0. The van der Waals surface area contributed by atoms with Gasteiger partial charge in [0.25, 0.3) is 0 Å². The molecule has 340 valence electrons. The maximum atomic E-state index is 3.38. The van der Waals surface area contributed by atoms with Gasteiger partial charge in [0.1, 0.15) is 0 Å². The molecule has 0 bridgehead atoms. The minimum absolute atomic E-state index is 0. The second kappa shape index (κ2) is 49.6. The third kappa shape index (κ3) is 38.5. The van der Waals surface area contributed by atoms with Crippen molar-refractivity contribution in [2.24, 2.45) is 0 Å². The number of halogens is 1. The van der Waals surface area contributed by atoms with E-state index in [4.69, 9.17) is 0 Å². The van der Waals surface area contributed by atoms with E-state index in [1.165, 1.54) is 289 Å². The predicted octanol–water partition coefficient (Wildman–Crippen LogP) is 20.5. The molecule has 0 aromatic rings. The van der Waals surface area contributed by atoms with Crippen LogP contribution in [0.2, 0.25) is 0 Å². The van der Waals surface area contributed by atoms with Gasteiger partial charge in [-0.15, -0.1) is 12.4 Å². The first kappa shape index (κ1) is 58.3. The van der Waals surface area contributed by atoms with Gasteiger partial charge in [0, 0.05) is 18.1 Å². The van der Waals surface area contributed by atoms with Crippen LogP contribution in [0.4, 0.5) is 0 Å². The van der Waals surface area contributed by atoms with Crippen molar-refractivity contribution >= 4 is 12.4 Å². The molecule has 0 saturated carbocycles. The summed E-state index contributed by atoms with van der Waals surface area (Å²) in [5.41, 5.74) is 0. The summed E-state index contributed by atoms with van der Waals surface area (Å²) >= 11 is 0. The van der Waals surface area contributed by atoms with E-state index in [9.17, 15) is 0 Å². The summed E-state index contributed by atoms with van der Waals surface area (Å²) in [7, 11) is 0. The largest absolute Gasteiger partial charge is 0.294 e. The van der Waals surface area contributed by atoms with Gasteiger partial charge in [-0.2, -0.15) is 0 Å². The highest BCUT2D eigenvalue weighted by Gasteiger charge is 2.31. The second-order valence-corrected chi connectivity index (χ2v) is 18.8.